The smallest absolute Gasteiger partial charge is 0.267 e. The molecule has 0 bridgehead atoms. The Bertz CT molecular complexity index is 1210. The highest BCUT2D eigenvalue weighted by Crippen LogP contribution is 2.23. The van der Waals surface area contributed by atoms with Gasteiger partial charge in [0, 0.05) is 43.2 Å². The Morgan fingerprint density at radius 3 is 2.47 bits per heavy atom. The Kier molecular flexibility index (Phi) is 6.21. The Morgan fingerprint density at radius 2 is 1.81 bits per heavy atom. The fourth-order valence-corrected chi connectivity index (χ4v) is 3.36. The molecule has 0 aliphatic rings. The molecule has 4 aromatic rings. The van der Waals surface area contributed by atoms with Crippen molar-refractivity contribution in [3.8, 4) is 11.3 Å². The van der Waals surface area contributed by atoms with Crippen molar-refractivity contribution >= 4 is 5.91 Å². The van der Waals surface area contributed by atoms with Crippen LogP contribution in [-0.4, -0.2) is 30.8 Å². The molecule has 8 heteroatoms. The molecular formula is C24H21FN6O. The number of hydrogen-bond donors (Lipinski definition) is 1. The third kappa shape index (κ3) is 5.15. The monoisotopic (exact) mass is 428 g/mol. The fraction of sp³-hybridized carbons (Fsp3) is 0.167. The molecule has 1 aromatic carbocycles. The molecule has 1 amide bonds. The van der Waals surface area contributed by atoms with Crippen molar-refractivity contribution in [2.45, 2.75) is 25.7 Å². The minimum Gasteiger partial charge on any atom is -0.364 e. The molecule has 0 aliphatic carbocycles. The number of rotatable bonds is 7. The Labute approximate surface area is 184 Å². The quantitative estimate of drug-likeness (QED) is 0.483. The van der Waals surface area contributed by atoms with Gasteiger partial charge < -0.3 is 5.73 Å². The van der Waals surface area contributed by atoms with Gasteiger partial charge in [0.1, 0.15) is 17.3 Å². The zero-order chi connectivity index (χ0) is 22.5. The number of carbonyl (C=O) groups is 1. The molecule has 0 spiro atoms. The van der Waals surface area contributed by atoms with E-state index in [2.05, 4.69) is 21.9 Å². The first-order valence-electron chi connectivity index (χ1n) is 10.1. The second kappa shape index (κ2) is 9.38. The molecule has 1 atom stereocenters. The maximum atomic E-state index is 13.3. The maximum absolute atomic E-state index is 13.3. The summed E-state index contributed by atoms with van der Waals surface area (Å²) < 4.78 is 13.3. The second-order valence-corrected chi connectivity index (χ2v) is 7.49. The summed E-state index contributed by atoms with van der Waals surface area (Å²) in [6.45, 7) is 2.05. The number of amides is 1. The van der Waals surface area contributed by atoms with Crippen molar-refractivity contribution in [3.63, 3.8) is 0 Å². The first-order valence-corrected chi connectivity index (χ1v) is 10.1. The fourth-order valence-electron chi connectivity index (χ4n) is 3.36. The molecule has 4 rings (SSSR count). The van der Waals surface area contributed by atoms with Gasteiger partial charge in [0.2, 0.25) is 0 Å². The number of primary amides is 1. The van der Waals surface area contributed by atoms with E-state index in [9.17, 15) is 9.18 Å². The van der Waals surface area contributed by atoms with Gasteiger partial charge in [0.05, 0.1) is 17.1 Å². The van der Waals surface area contributed by atoms with Gasteiger partial charge in [-0.05, 0) is 41.8 Å². The van der Waals surface area contributed by atoms with Crippen LogP contribution in [0.4, 0.5) is 4.39 Å². The van der Waals surface area contributed by atoms with Crippen molar-refractivity contribution in [2.75, 3.05) is 0 Å². The molecule has 32 heavy (non-hydrogen) atoms. The van der Waals surface area contributed by atoms with Gasteiger partial charge in [-0.15, -0.1) is 0 Å². The van der Waals surface area contributed by atoms with E-state index in [-0.39, 0.29) is 17.4 Å². The van der Waals surface area contributed by atoms with Crippen molar-refractivity contribution < 1.29 is 9.18 Å². The number of aromatic nitrogens is 5. The van der Waals surface area contributed by atoms with Crippen LogP contribution in [0.3, 0.4) is 0 Å². The van der Waals surface area contributed by atoms with Gasteiger partial charge in [-0.3, -0.25) is 19.7 Å². The standard InChI is InChI=1S/C24H21FN6O/c1-15(16-2-5-18(25)6-3-16)10-23-30-19(11-20-14-27-8-9-28-20)12-22(31-23)17-4-7-21(24(26)32)29-13-17/h2-9,12-15H,10-11H2,1H3,(H2,26,32)/t15-/m1/s1. The summed E-state index contributed by atoms with van der Waals surface area (Å²) in [7, 11) is 0. The molecule has 0 fully saturated rings. The number of halogens is 1. The lowest BCUT2D eigenvalue weighted by atomic mass is 9.97. The first-order chi connectivity index (χ1) is 15.5. The second-order valence-electron chi connectivity index (χ2n) is 7.49. The molecule has 0 saturated carbocycles. The van der Waals surface area contributed by atoms with Crippen LogP contribution in [-0.2, 0) is 12.8 Å². The maximum Gasteiger partial charge on any atom is 0.267 e. The van der Waals surface area contributed by atoms with E-state index in [1.807, 2.05) is 6.07 Å². The number of nitrogens with two attached hydrogens (primary N) is 1. The highest BCUT2D eigenvalue weighted by Gasteiger charge is 2.14. The largest absolute Gasteiger partial charge is 0.364 e. The molecule has 160 valence electrons. The lowest BCUT2D eigenvalue weighted by molar-refractivity contribution is 0.0995. The van der Waals surface area contributed by atoms with Gasteiger partial charge in [0.15, 0.2) is 0 Å². The van der Waals surface area contributed by atoms with Crippen LogP contribution in [0.1, 0.15) is 46.1 Å². The van der Waals surface area contributed by atoms with Crippen LogP contribution in [0.5, 0.6) is 0 Å². The third-order valence-electron chi connectivity index (χ3n) is 5.04. The minimum absolute atomic E-state index is 0.0885. The average molecular weight is 428 g/mol. The van der Waals surface area contributed by atoms with Crippen molar-refractivity contribution in [3.05, 3.63) is 102 Å². The van der Waals surface area contributed by atoms with E-state index in [0.29, 0.717) is 24.4 Å². The van der Waals surface area contributed by atoms with E-state index < -0.39 is 5.91 Å². The Hall–Kier alpha value is -4.07. The number of hydrogen-bond acceptors (Lipinski definition) is 6. The summed E-state index contributed by atoms with van der Waals surface area (Å²) in [5, 5.41) is 0. The van der Waals surface area contributed by atoms with Crippen molar-refractivity contribution in [1.29, 1.82) is 0 Å². The van der Waals surface area contributed by atoms with Crippen LogP contribution < -0.4 is 5.73 Å². The van der Waals surface area contributed by atoms with Crippen LogP contribution in [0.25, 0.3) is 11.3 Å². The van der Waals surface area contributed by atoms with Gasteiger partial charge in [0.25, 0.3) is 5.91 Å². The lowest BCUT2D eigenvalue weighted by Gasteiger charge is -2.13. The lowest BCUT2D eigenvalue weighted by Crippen LogP contribution is -2.12. The van der Waals surface area contributed by atoms with Gasteiger partial charge in [-0.1, -0.05) is 19.1 Å². The van der Waals surface area contributed by atoms with Gasteiger partial charge in [-0.25, -0.2) is 14.4 Å². The Morgan fingerprint density at radius 1 is 1.00 bits per heavy atom. The van der Waals surface area contributed by atoms with Crippen LogP contribution >= 0.6 is 0 Å². The molecule has 0 radical (unpaired) electrons. The Balaban J connectivity index is 1.67. The summed E-state index contributed by atoms with van der Waals surface area (Å²) in [4.78, 5) is 33.4. The molecule has 3 aromatic heterocycles. The van der Waals surface area contributed by atoms with E-state index in [1.165, 1.54) is 12.1 Å². The highest BCUT2D eigenvalue weighted by atomic mass is 19.1. The predicted molar refractivity (Wildman–Crippen MR) is 117 cm³/mol. The topological polar surface area (TPSA) is 108 Å². The average Bonchev–Trinajstić information content (AvgIpc) is 2.80. The van der Waals surface area contributed by atoms with Gasteiger partial charge in [-0.2, -0.15) is 0 Å². The third-order valence-corrected chi connectivity index (χ3v) is 5.04. The zero-order valence-corrected chi connectivity index (χ0v) is 17.4. The summed E-state index contributed by atoms with van der Waals surface area (Å²) in [5.41, 5.74) is 9.49. The summed E-state index contributed by atoms with van der Waals surface area (Å²) in [6, 6.07) is 11.7. The molecule has 0 saturated heterocycles. The van der Waals surface area contributed by atoms with E-state index in [1.54, 1.807) is 49.1 Å². The van der Waals surface area contributed by atoms with Crippen LogP contribution in [0, 0.1) is 5.82 Å². The number of benzene rings is 1. The molecular weight excluding hydrogens is 407 g/mol. The highest BCUT2D eigenvalue weighted by molar-refractivity contribution is 5.91. The zero-order valence-electron chi connectivity index (χ0n) is 17.4. The van der Waals surface area contributed by atoms with E-state index >= 15 is 0 Å². The van der Waals surface area contributed by atoms with Gasteiger partial charge >= 0.3 is 0 Å². The van der Waals surface area contributed by atoms with E-state index in [0.717, 1.165) is 22.5 Å². The SMILES string of the molecule is C[C@H](Cc1nc(Cc2cnccn2)cc(-c2ccc(C(N)=O)nc2)n1)c1ccc(F)cc1. The summed E-state index contributed by atoms with van der Waals surface area (Å²) in [6.07, 6.45) is 7.60. The molecule has 0 aliphatic heterocycles. The number of nitrogens with zero attached hydrogens (tertiary/aromatic N) is 5. The molecule has 3 heterocycles. The first kappa shape index (κ1) is 21.2. The number of carbonyl (C=O) groups excluding carboxylic acids is 1. The summed E-state index contributed by atoms with van der Waals surface area (Å²) >= 11 is 0. The summed E-state index contributed by atoms with van der Waals surface area (Å²) in [5.74, 6) is -0.114. The van der Waals surface area contributed by atoms with Crippen LogP contribution in [0.15, 0.2) is 67.3 Å². The molecule has 0 unspecified atom stereocenters. The van der Waals surface area contributed by atoms with Crippen LogP contribution in [0.2, 0.25) is 0 Å². The van der Waals surface area contributed by atoms with Crippen molar-refractivity contribution in [2.24, 2.45) is 5.73 Å². The predicted octanol–water partition coefficient (Wildman–Crippen LogP) is 3.50. The van der Waals surface area contributed by atoms with E-state index in [4.69, 9.17) is 15.7 Å². The normalized spacial score (nSPS) is 11.8. The minimum atomic E-state index is -0.587. The number of pyridine rings is 1. The van der Waals surface area contributed by atoms with Crippen molar-refractivity contribution in [1.82, 2.24) is 24.9 Å². The molecule has 2 N–H and O–H groups in total. The molecule has 7 nitrogen and oxygen atoms in total.